The van der Waals surface area contributed by atoms with Gasteiger partial charge in [0.2, 0.25) is 29.6 Å². The number of carbonyl (C=O) groups is 3. The zero-order chi connectivity index (χ0) is 40.3. The van der Waals surface area contributed by atoms with Crippen molar-refractivity contribution in [1.82, 2.24) is 36.0 Å². The van der Waals surface area contributed by atoms with E-state index in [0.29, 0.717) is 57.3 Å². The van der Waals surface area contributed by atoms with E-state index in [-0.39, 0.29) is 48.9 Å². The number of benzene rings is 1. The number of H-pyrrole nitrogens is 1. The van der Waals surface area contributed by atoms with Gasteiger partial charge in [-0.05, 0) is 55.9 Å². The van der Waals surface area contributed by atoms with Gasteiger partial charge in [0.15, 0.2) is 0 Å². The molecule has 2 fully saturated rings. The SMILES string of the molecule is CCCC[C@H](N[C@@H](Cc1ccccc1)C(=O)N1CCC(OCOC)CC1)C(=O)N[C@@H](CC1CCCCC1)[C@@H](O)C[C@H](C(=O)NCCNc1n[nH]c(N)n1)C(C)C. The molecule has 2 aromatic rings. The van der Waals surface area contributed by atoms with Gasteiger partial charge in [-0.15, -0.1) is 5.10 Å². The Balaban J connectivity index is 1.47. The van der Waals surface area contributed by atoms with E-state index < -0.39 is 30.1 Å². The lowest BCUT2D eigenvalue weighted by Crippen LogP contribution is -2.58. The first kappa shape index (κ1) is 44.9. The number of nitrogens with two attached hydrogens (primary N) is 1. The number of aromatic amines is 1. The molecule has 15 nitrogen and oxygen atoms in total. The van der Waals surface area contributed by atoms with Crippen molar-refractivity contribution in [3.8, 4) is 0 Å². The van der Waals surface area contributed by atoms with Crippen molar-refractivity contribution < 1.29 is 29.0 Å². The molecule has 1 saturated carbocycles. The third-order valence-corrected chi connectivity index (χ3v) is 11.3. The molecule has 314 valence electrons. The van der Waals surface area contributed by atoms with E-state index in [4.69, 9.17) is 15.2 Å². The summed E-state index contributed by atoms with van der Waals surface area (Å²) in [4.78, 5) is 48.0. The summed E-state index contributed by atoms with van der Waals surface area (Å²) in [6.45, 7) is 8.14. The highest BCUT2D eigenvalue weighted by Gasteiger charge is 2.35. The number of methoxy groups -OCH3 is 1. The van der Waals surface area contributed by atoms with Crippen LogP contribution in [0.5, 0.6) is 0 Å². The number of aliphatic hydroxyl groups excluding tert-OH is 1. The summed E-state index contributed by atoms with van der Waals surface area (Å²) in [7, 11) is 1.60. The Morgan fingerprint density at radius 2 is 1.75 bits per heavy atom. The maximum absolute atomic E-state index is 14.4. The molecule has 1 aliphatic carbocycles. The highest BCUT2D eigenvalue weighted by atomic mass is 16.7. The van der Waals surface area contributed by atoms with Gasteiger partial charge >= 0.3 is 0 Å². The maximum atomic E-state index is 14.4. The van der Waals surface area contributed by atoms with E-state index in [9.17, 15) is 19.5 Å². The Labute approximate surface area is 333 Å². The summed E-state index contributed by atoms with van der Waals surface area (Å²) in [5.74, 6) is 0.00231. The zero-order valence-electron chi connectivity index (χ0n) is 34.1. The Morgan fingerprint density at radius 1 is 1.02 bits per heavy atom. The Hall–Kier alpha value is -3.79. The first-order chi connectivity index (χ1) is 27.1. The molecule has 8 N–H and O–H groups in total. The van der Waals surface area contributed by atoms with Crippen molar-refractivity contribution >= 4 is 29.6 Å². The van der Waals surface area contributed by atoms with E-state index in [2.05, 4.69) is 43.4 Å². The van der Waals surface area contributed by atoms with Crippen LogP contribution in [0.1, 0.15) is 103 Å². The van der Waals surface area contributed by atoms with Gasteiger partial charge < -0.3 is 41.2 Å². The van der Waals surface area contributed by atoms with Crippen LogP contribution in [0.2, 0.25) is 0 Å². The van der Waals surface area contributed by atoms with Crippen molar-refractivity contribution in [2.45, 2.75) is 135 Å². The number of nitrogens with zero attached hydrogens (tertiary/aromatic N) is 3. The number of piperidine rings is 1. The number of anilines is 2. The summed E-state index contributed by atoms with van der Waals surface area (Å²) in [5.41, 5.74) is 6.60. The summed E-state index contributed by atoms with van der Waals surface area (Å²) < 4.78 is 10.9. The molecule has 56 heavy (non-hydrogen) atoms. The minimum absolute atomic E-state index is 0.0297. The Morgan fingerprint density at radius 3 is 2.39 bits per heavy atom. The topological polar surface area (TPSA) is 209 Å². The maximum Gasteiger partial charge on any atom is 0.243 e. The summed E-state index contributed by atoms with van der Waals surface area (Å²) >= 11 is 0. The number of nitrogen functional groups attached to an aromatic ring is 1. The average molecular weight is 784 g/mol. The predicted molar refractivity (Wildman–Crippen MR) is 217 cm³/mol. The smallest absolute Gasteiger partial charge is 0.243 e. The number of unbranched alkanes of at least 4 members (excludes halogenated alkanes) is 1. The molecule has 1 aromatic heterocycles. The summed E-state index contributed by atoms with van der Waals surface area (Å²) in [6.07, 6.45) is 9.61. The first-order valence-electron chi connectivity index (χ1n) is 20.9. The number of carbonyl (C=O) groups excluding carboxylic acids is 3. The van der Waals surface area contributed by atoms with E-state index >= 15 is 0 Å². The molecule has 1 saturated heterocycles. The van der Waals surface area contributed by atoms with Gasteiger partial charge in [-0.1, -0.05) is 96.0 Å². The summed E-state index contributed by atoms with van der Waals surface area (Å²) in [5, 5.41) is 31.2. The van der Waals surface area contributed by atoms with Crippen molar-refractivity contribution in [3.63, 3.8) is 0 Å². The van der Waals surface area contributed by atoms with Crippen molar-refractivity contribution in [2.24, 2.45) is 17.8 Å². The number of hydrogen-bond acceptors (Lipinski definition) is 11. The minimum Gasteiger partial charge on any atom is -0.391 e. The van der Waals surface area contributed by atoms with Crippen molar-refractivity contribution in [2.75, 3.05) is 51.1 Å². The third kappa shape index (κ3) is 14.9. The van der Waals surface area contributed by atoms with Crippen LogP contribution in [-0.2, 0) is 30.3 Å². The number of amides is 3. The molecule has 0 radical (unpaired) electrons. The third-order valence-electron chi connectivity index (χ3n) is 11.3. The van der Waals surface area contributed by atoms with Crippen LogP contribution in [-0.4, -0.2) is 113 Å². The van der Waals surface area contributed by atoms with E-state index in [1.54, 1.807) is 7.11 Å². The Kier molecular flexibility index (Phi) is 19.3. The molecule has 0 bridgehead atoms. The van der Waals surface area contributed by atoms with Crippen LogP contribution in [0.15, 0.2) is 30.3 Å². The van der Waals surface area contributed by atoms with Gasteiger partial charge in [0, 0.05) is 39.2 Å². The molecule has 0 spiro atoms. The van der Waals surface area contributed by atoms with Crippen LogP contribution in [0, 0.1) is 17.8 Å². The highest BCUT2D eigenvalue weighted by molar-refractivity contribution is 5.86. The van der Waals surface area contributed by atoms with Crippen LogP contribution < -0.4 is 27.0 Å². The fraction of sp³-hybridized carbons (Fsp3) is 0.732. The quantitative estimate of drug-likeness (QED) is 0.0603. The van der Waals surface area contributed by atoms with Crippen molar-refractivity contribution in [1.29, 1.82) is 0 Å². The second kappa shape index (κ2) is 24.1. The molecular formula is C41H69N9O6. The van der Waals surface area contributed by atoms with Crippen LogP contribution >= 0.6 is 0 Å². The number of rotatable bonds is 24. The van der Waals surface area contributed by atoms with E-state index in [1.807, 2.05) is 49.1 Å². The monoisotopic (exact) mass is 784 g/mol. The molecule has 2 aliphatic rings. The minimum atomic E-state index is -0.941. The number of hydrogen-bond donors (Lipinski definition) is 7. The molecule has 15 heteroatoms. The molecule has 1 aromatic carbocycles. The van der Waals surface area contributed by atoms with E-state index in [0.717, 1.165) is 56.9 Å². The van der Waals surface area contributed by atoms with Gasteiger partial charge in [-0.2, -0.15) is 4.98 Å². The lowest BCUT2D eigenvalue weighted by Gasteiger charge is -2.36. The van der Waals surface area contributed by atoms with Crippen LogP contribution in [0.4, 0.5) is 11.9 Å². The lowest BCUT2D eigenvalue weighted by atomic mass is 9.81. The van der Waals surface area contributed by atoms with Crippen molar-refractivity contribution in [3.05, 3.63) is 35.9 Å². The average Bonchev–Trinajstić information content (AvgIpc) is 3.63. The second-order valence-corrected chi connectivity index (χ2v) is 16.0. The Bertz CT molecular complexity index is 1430. The fourth-order valence-corrected chi connectivity index (χ4v) is 7.96. The number of aliphatic hydroxyl groups is 1. The number of likely N-dealkylation sites (tertiary alicyclic amines) is 1. The number of nitrogens with one attached hydrogen (secondary N) is 5. The zero-order valence-corrected chi connectivity index (χ0v) is 34.1. The van der Waals surface area contributed by atoms with Crippen LogP contribution in [0.25, 0.3) is 0 Å². The number of ether oxygens (including phenoxy) is 2. The first-order valence-corrected chi connectivity index (χ1v) is 20.9. The van der Waals surface area contributed by atoms with Gasteiger partial charge in [-0.3, -0.25) is 19.7 Å². The van der Waals surface area contributed by atoms with Gasteiger partial charge in [0.1, 0.15) is 6.79 Å². The molecule has 5 atom stereocenters. The fourth-order valence-electron chi connectivity index (χ4n) is 7.96. The largest absolute Gasteiger partial charge is 0.391 e. The van der Waals surface area contributed by atoms with Gasteiger partial charge in [0.05, 0.1) is 30.3 Å². The molecular weight excluding hydrogens is 715 g/mol. The molecule has 3 amide bonds. The molecule has 4 rings (SSSR count). The molecule has 0 unspecified atom stereocenters. The van der Waals surface area contributed by atoms with Crippen LogP contribution in [0.3, 0.4) is 0 Å². The molecule has 1 aliphatic heterocycles. The lowest BCUT2D eigenvalue weighted by molar-refractivity contribution is -0.139. The highest BCUT2D eigenvalue weighted by Crippen LogP contribution is 2.30. The van der Waals surface area contributed by atoms with Gasteiger partial charge in [0.25, 0.3) is 0 Å². The summed E-state index contributed by atoms with van der Waals surface area (Å²) in [6, 6.07) is 8.09. The van der Waals surface area contributed by atoms with E-state index in [1.165, 1.54) is 6.42 Å². The second-order valence-electron chi connectivity index (χ2n) is 16.0. The normalized spacial score (nSPS) is 18.2. The number of aromatic nitrogens is 3. The van der Waals surface area contributed by atoms with Gasteiger partial charge in [-0.25, -0.2) is 5.10 Å². The molecule has 2 heterocycles. The standard InChI is InChI=1S/C41H69N9O6/c1-5-6-17-33(45-35(25-30-15-11-8-12-16-30)39(54)50-22-18-31(19-23-50)56-27-55-4)38(53)46-34(24-29-13-9-7-10-14-29)36(51)26-32(28(2)3)37(52)43-20-21-44-41-47-40(42)48-49-41/h8,11-12,15-16,28-29,31-36,45,51H,5-7,9-10,13-14,17-27H2,1-4H3,(H,43,52)(H,46,53)(H4,42,44,47,48,49)/t32-,33-,34-,35-,36-/m0/s1. The predicted octanol–water partition coefficient (Wildman–Crippen LogP) is 3.76.